The number of hydrogen-bond donors (Lipinski definition) is 1. The van der Waals surface area contributed by atoms with Gasteiger partial charge in [0.25, 0.3) is 5.91 Å². The molecule has 4 rings (SSSR count). The van der Waals surface area contributed by atoms with Crippen LogP contribution in [-0.2, 0) is 18.9 Å². The Hall–Kier alpha value is -3.58. The molecule has 4 aromatic rings. The molecule has 0 unspecified atom stereocenters. The number of hydrogen-bond acceptors (Lipinski definition) is 6. The van der Waals surface area contributed by atoms with E-state index in [2.05, 4.69) is 15.5 Å². The van der Waals surface area contributed by atoms with Crippen LogP contribution in [0.2, 0.25) is 0 Å². The van der Waals surface area contributed by atoms with Gasteiger partial charge in [0.2, 0.25) is 0 Å². The zero-order chi connectivity index (χ0) is 22.2. The van der Waals surface area contributed by atoms with E-state index in [1.807, 2.05) is 67.6 Å². The summed E-state index contributed by atoms with van der Waals surface area (Å²) in [5.41, 5.74) is 3.39. The first-order valence-electron chi connectivity index (χ1n) is 10.2. The third-order valence-electron chi connectivity index (χ3n) is 4.74. The molecule has 0 saturated carbocycles. The molecule has 6 nitrogen and oxygen atoms in total. The molecule has 1 amide bonds. The summed E-state index contributed by atoms with van der Waals surface area (Å²) in [6.45, 7) is 2.68. The lowest BCUT2D eigenvalue weighted by Gasteiger charge is -2.13. The van der Waals surface area contributed by atoms with E-state index in [4.69, 9.17) is 9.26 Å². The number of rotatable bonds is 9. The van der Waals surface area contributed by atoms with Gasteiger partial charge in [0.1, 0.15) is 23.1 Å². The number of pyridine rings is 1. The van der Waals surface area contributed by atoms with Gasteiger partial charge in [-0.1, -0.05) is 59.4 Å². The van der Waals surface area contributed by atoms with Gasteiger partial charge in [-0.15, -0.1) is 0 Å². The van der Waals surface area contributed by atoms with Crippen LogP contribution in [0.15, 0.2) is 88.5 Å². The molecule has 0 radical (unpaired) electrons. The molecule has 0 aliphatic carbocycles. The number of amides is 1. The van der Waals surface area contributed by atoms with Gasteiger partial charge in [-0.3, -0.25) is 4.79 Å². The molecule has 2 heterocycles. The van der Waals surface area contributed by atoms with Crippen molar-refractivity contribution in [2.45, 2.75) is 30.9 Å². The Morgan fingerprint density at radius 1 is 1.03 bits per heavy atom. The summed E-state index contributed by atoms with van der Waals surface area (Å²) in [4.78, 5) is 17.3. The van der Waals surface area contributed by atoms with Crippen molar-refractivity contribution in [2.24, 2.45) is 0 Å². The summed E-state index contributed by atoms with van der Waals surface area (Å²) >= 11 is 1.46. The van der Waals surface area contributed by atoms with Crippen molar-refractivity contribution in [3.8, 4) is 5.75 Å². The van der Waals surface area contributed by atoms with E-state index in [1.54, 1.807) is 18.3 Å². The zero-order valence-corrected chi connectivity index (χ0v) is 18.5. The van der Waals surface area contributed by atoms with E-state index in [0.717, 1.165) is 28.3 Å². The number of carbonyl (C=O) groups is 1. The van der Waals surface area contributed by atoms with E-state index in [-0.39, 0.29) is 5.91 Å². The van der Waals surface area contributed by atoms with Gasteiger partial charge in [-0.2, -0.15) is 0 Å². The normalized spacial score (nSPS) is 10.7. The molecule has 0 saturated heterocycles. The van der Waals surface area contributed by atoms with Crippen LogP contribution in [0.5, 0.6) is 5.75 Å². The van der Waals surface area contributed by atoms with Gasteiger partial charge < -0.3 is 14.6 Å². The average molecular weight is 446 g/mol. The number of carbonyl (C=O) groups excluding carboxylic acids is 1. The topological polar surface area (TPSA) is 77.2 Å². The van der Waals surface area contributed by atoms with Crippen LogP contribution in [-0.4, -0.2) is 16.0 Å². The smallest absolute Gasteiger partial charge is 0.254 e. The quantitative estimate of drug-likeness (QED) is 0.358. The van der Waals surface area contributed by atoms with Crippen LogP contribution in [0.4, 0.5) is 0 Å². The molecule has 1 N–H and O–H groups in total. The monoisotopic (exact) mass is 445 g/mol. The minimum atomic E-state index is -0.171. The molecule has 0 fully saturated rings. The predicted molar refractivity (Wildman–Crippen MR) is 123 cm³/mol. The van der Waals surface area contributed by atoms with Crippen LogP contribution in [0.3, 0.4) is 0 Å². The van der Waals surface area contributed by atoms with Gasteiger partial charge in [0.05, 0.1) is 11.3 Å². The van der Waals surface area contributed by atoms with Crippen LogP contribution < -0.4 is 10.1 Å². The van der Waals surface area contributed by atoms with Crippen molar-refractivity contribution in [3.05, 3.63) is 107 Å². The fourth-order valence-corrected chi connectivity index (χ4v) is 4.00. The number of aryl methyl sites for hydroxylation is 1. The standard InChI is InChI=1S/C25H23N3O3S/c1-18-14-21(28-31-18)17-32-25-23(12-7-13-26-25)24(29)27-15-19-8-5-6-9-20(19)16-30-22-10-3-2-4-11-22/h2-14H,15-17H2,1H3,(H,27,29). The molecule has 0 atom stereocenters. The summed E-state index contributed by atoms with van der Waals surface area (Å²) in [7, 11) is 0. The first-order valence-corrected chi connectivity index (χ1v) is 11.2. The van der Waals surface area contributed by atoms with Gasteiger partial charge in [0.15, 0.2) is 0 Å². The number of ether oxygens (including phenoxy) is 1. The number of aromatic nitrogens is 2. The van der Waals surface area contributed by atoms with Crippen molar-refractivity contribution < 1.29 is 14.1 Å². The Balaban J connectivity index is 1.39. The zero-order valence-electron chi connectivity index (χ0n) is 17.7. The van der Waals surface area contributed by atoms with E-state index in [0.29, 0.717) is 29.5 Å². The minimum absolute atomic E-state index is 0.171. The van der Waals surface area contributed by atoms with Crippen LogP contribution in [0, 0.1) is 6.92 Å². The molecule has 2 aromatic carbocycles. The van der Waals surface area contributed by atoms with Gasteiger partial charge >= 0.3 is 0 Å². The fraction of sp³-hybridized carbons (Fsp3) is 0.160. The van der Waals surface area contributed by atoms with E-state index < -0.39 is 0 Å². The van der Waals surface area contributed by atoms with Crippen molar-refractivity contribution in [1.82, 2.24) is 15.5 Å². The largest absolute Gasteiger partial charge is 0.489 e. The molecule has 0 aliphatic rings. The molecular weight excluding hydrogens is 422 g/mol. The van der Waals surface area contributed by atoms with Crippen molar-refractivity contribution >= 4 is 17.7 Å². The minimum Gasteiger partial charge on any atom is -0.489 e. The highest BCUT2D eigenvalue weighted by atomic mass is 32.2. The Morgan fingerprint density at radius 2 is 1.81 bits per heavy atom. The highest BCUT2D eigenvalue weighted by molar-refractivity contribution is 7.98. The SMILES string of the molecule is Cc1cc(CSc2ncccc2C(=O)NCc2ccccc2COc2ccccc2)no1. The highest BCUT2D eigenvalue weighted by Crippen LogP contribution is 2.24. The Labute approximate surface area is 191 Å². The van der Waals surface area contributed by atoms with Crippen LogP contribution in [0.1, 0.15) is 32.9 Å². The molecule has 7 heteroatoms. The lowest BCUT2D eigenvalue weighted by atomic mass is 10.1. The van der Waals surface area contributed by atoms with Crippen molar-refractivity contribution in [2.75, 3.05) is 0 Å². The summed E-state index contributed by atoms with van der Waals surface area (Å²) in [6.07, 6.45) is 1.68. The Bertz CT molecular complexity index is 1180. The summed E-state index contributed by atoms with van der Waals surface area (Å²) < 4.78 is 11.0. The van der Waals surface area contributed by atoms with Gasteiger partial charge in [-0.25, -0.2) is 4.98 Å². The molecule has 0 spiro atoms. The highest BCUT2D eigenvalue weighted by Gasteiger charge is 2.14. The van der Waals surface area contributed by atoms with Crippen molar-refractivity contribution in [3.63, 3.8) is 0 Å². The summed E-state index contributed by atoms with van der Waals surface area (Å²) in [6, 6.07) is 23.0. The maximum Gasteiger partial charge on any atom is 0.254 e. The molecule has 0 bridgehead atoms. The first-order chi connectivity index (χ1) is 15.7. The number of para-hydroxylation sites is 1. The molecule has 2 aromatic heterocycles. The van der Waals surface area contributed by atoms with Crippen molar-refractivity contribution in [1.29, 1.82) is 0 Å². The number of benzene rings is 2. The van der Waals surface area contributed by atoms with E-state index in [9.17, 15) is 4.79 Å². The van der Waals surface area contributed by atoms with Crippen LogP contribution >= 0.6 is 11.8 Å². The summed E-state index contributed by atoms with van der Waals surface area (Å²) in [5.74, 6) is 1.98. The Morgan fingerprint density at radius 3 is 2.59 bits per heavy atom. The number of nitrogens with zero attached hydrogens (tertiary/aromatic N) is 2. The maximum atomic E-state index is 12.9. The average Bonchev–Trinajstić information content (AvgIpc) is 3.26. The summed E-state index contributed by atoms with van der Waals surface area (Å²) in [5, 5.41) is 7.67. The molecule has 162 valence electrons. The van der Waals surface area contributed by atoms with Gasteiger partial charge in [0, 0.05) is 24.6 Å². The third kappa shape index (κ3) is 5.76. The second-order valence-electron chi connectivity index (χ2n) is 7.13. The Kier molecular flexibility index (Phi) is 7.19. The lowest BCUT2D eigenvalue weighted by molar-refractivity contribution is 0.0947. The van der Waals surface area contributed by atoms with Gasteiger partial charge in [-0.05, 0) is 42.3 Å². The second kappa shape index (κ2) is 10.6. The lowest BCUT2D eigenvalue weighted by Crippen LogP contribution is -2.24. The molecular formula is C25H23N3O3S. The fourth-order valence-electron chi connectivity index (χ4n) is 3.13. The third-order valence-corrected chi connectivity index (χ3v) is 5.78. The van der Waals surface area contributed by atoms with Crippen LogP contribution in [0.25, 0.3) is 0 Å². The van der Waals surface area contributed by atoms with E-state index >= 15 is 0 Å². The number of thioether (sulfide) groups is 1. The predicted octanol–water partition coefficient (Wildman–Crippen LogP) is 5.18. The second-order valence-corrected chi connectivity index (χ2v) is 8.09. The molecule has 32 heavy (non-hydrogen) atoms. The first kappa shape index (κ1) is 21.6. The number of nitrogens with one attached hydrogen (secondary N) is 1. The molecule has 0 aliphatic heterocycles. The van der Waals surface area contributed by atoms with E-state index in [1.165, 1.54) is 11.8 Å². The maximum absolute atomic E-state index is 12.9.